The second-order valence-corrected chi connectivity index (χ2v) is 9.40. The predicted molar refractivity (Wildman–Crippen MR) is 140 cm³/mol. The van der Waals surface area contributed by atoms with Crippen molar-refractivity contribution in [3.8, 4) is 5.75 Å². The molecule has 1 fully saturated rings. The number of carbonyl (C=O) groups is 2. The summed E-state index contributed by atoms with van der Waals surface area (Å²) in [6, 6.07) is 16.3. The van der Waals surface area contributed by atoms with Crippen LogP contribution >= 0.6 is 0 Å². The highest BCUT2D eigenvalue weighted by Crippen LogP contribution is 2.14. The van der Waals surface area contributed by atoms with Gasteiger partial charge >= 0.3 is 5.97 Å². The van der Waals surface area contributed by atoms with E-state index in [4.69, 9.17) is 20.9 Å². The molecule has 2 aromatic rings. The summed E-state index contributed by atoms with van der Waals surface area (Å²) >= 11 is 0. The zero-order chi connectivity index (χ0) is 25.8. The monoisotopic (exact) mass is 496 g/mol. The molecule has 1 aliphatic heterocycles. The summed E-state index contributed by atoms with van der Waals surface area (Å²) in [7, 11) is 1.63. The van der Waals surface area contributed by atoms with Crippen LogP contribution in [0.15, 0.2) is 54.6 Å². The standard InChI is InChI=1S/C28H40N4O4/c1-35-23-12-8-11-22(17-23)19-31-20-26(25(30)18-21-9-4-2-5-10-21)36-28(34)24(29)13-14-27(33)32-15-6-3-7-16-32/h2,4-5,8-12,17,24-26,31H,3,6-7,13-16,18-20,29-30H2,1H3/t24-,25+,26-/m1/s1. The van der Waals surface area contributed by atoms with Crippen molar-refractivity contribution >= 4 is 11.9 Å². The van der Waals surface area contributed by atoms with Gasteiger partial charge in [-0.3, -0.25) is 9.59 Å². The average Bonchev–Trinajstić information content (AvgIpc) is 2.92. The molecule has 1 aliphatic rings. The van der Waals surface area contributed by atoms with Crippen LogP contribution in [-0.4, -0.2) is 61.7 Å². The largest absolute Gasteiger partial charge is 0.497 e. The smallest absolute Gasteiger partial charge is 0.323 e. The molecule has 0 radical (unpaired) electrons. The molecular weight excluding hydrogens is 456 g/mol. The third-order valence-corrected chi connectivity index (χ3v) is 6.55. The number of nitrogens with two attached hydrogens (primary N) is 2. The van der Waals surface area contributed by atoms with Crippen LogP contribution in [0.5, 0.6) is 5.75 Å². The lowest BCUT2D eigenvalue weighted by Crippen LogP contribution is -2.48. The van der Waals surface area contributed by atoms with Gasteiger partial charge in [-0.25, -0.2) is 0 Å². The van der Waals surface area contributed by atoms with Crippen molar-refractivity contribution in [1.29, 1.82) is 0 Å². The van der Waals surface area contributed by atoms with E-state index >= 15 is 0 Å². The zero-order valence-corrected chi connectivity index (χ0v) is 21.2. The van der Waals surface area contributed by atoms with Crippen LogP contribution in [0.3, 0.4) is 0 Å². The maximum Gasteiger partial charge on any atom is 0.323 e. The fraction of sp³-hybridized carbons (Fsp3) is 0.500. The summed E-state index contributed by atoms with van der Waals surface area (Å²) in [5.41, 5.74) is 14.7. The van der Waals surface area contributed by atoms with Crippen molar-refractivity contribution in [3.63, 3.8) is 0 Å². The molecule has 0 saturated carbocycles. The normalized spacial score (nSPS) is 16.1. The van der Waals surface area contributed by atoms with E-state index in [1.165, 1.54) is 0 Å². The molecule has 8 heteroatoms. The third-order valence-electron chi connectivity index (χ3n) is 6.55. The van der Waals surface area contributed by atoms with Gasteiger partial charge in [-0.05, 0) is 55.4 Å². The lowest BCUT2D eigenvalue weighted by molar-refractivity contribution is -0.151. The van der Waals surface area contributed by atoms with Crippen LogP contribution in [0, 0.1) is 0 Å². The van der Waals surface area contributed by atoms with Crippen LogP contribution in [0.25, 0.3) is 0 Å². The lowest BCUT2D eigenvalue weighted by Gasteiger charge is -2.28. The number of esters is 1. The second-order valence-electron chi connectivity index (χ2n) is 9.40. The Labute approximate surface area is 214 Å². The van der Waals surface area contributed by atoms with Crippen LogP contribution in [0.2, 0.25) is 0 Å². The summed E-state index contributed by atoms with van der Waals surface area (Å²) in [4.78, 5) is 27.2. The first-order chi connectivity index (χ1) is 17.5. The molecule has 0 unspecified atom stereocenters. The Morgan fingerprint density at radius 2 is 1.72 bits per heavy atom. The van der Waals surface area contributed by atoms with Crippen LogP contribution < -0.4 is 21.5 Å². The second kappa shape index (κ2) is 14.6. The molecule has 8 nitrogen and oxygen atoms in total. The Balaban J connectivity index is 1.55. The number of likely N-dealkylation sites (tertiary alicyclic amines) is 1. The van der Waals surface area contributed by atoms with E-state index in [1.807, 2.05) is 59.5 Å². The maximum atomic E-state index is 12.8. The van der Waals surface area contributed by atoms with Crippen molar-refractivity contribution in [2.75, 3.05) is 26.7 Å². The number of hydrogen-bond donors (Lipinski definition) is 3. The van der Waals surface area contributed by atoms with E-state index in [0.29, 0.717) is 19.5 Å². The van der Waals surface area contributed by atoms with Gasteiger partial charge in [0.15, 0.2) is 0 Å². The fourth-order valence-corrected chi connectivity index (χ4v) is 4.37. The lowest BCUT2D eigenvalue weighted by atomic mass is 10.0. The third kappa shape index (κ3) is 8.93. The topological polar surface area (TPSA) is 120 Å². The summed E-state index contributed by atoms with van der Waals surface area (Å²) in [6.45, 7) is 2.51. The Morgan fingerprint density at radius 3 is 2.44 bits per heavy atom. The summed E-state index contributed by atoms with van der Waals surface area (Å²) in [5.74, 6) is 0.302. The minimum Gasteiger partial charge on any atom is -0.497 e. The number of methoxy groups -OCH3 is 1. The molecule has 196 valence electrons. The number of rotatable bonds is 13. The van der Waals surface area contributed by atoms with Gasteiger partial charge in [0.2, 0.25) is 5.91 Å². The van der Waals surface area contributed by atoms with Gasteiger partial charge in [0, 0.05) is 38.6 Å². The van der Waals surface area contributed by atoms with Crippen LogP contribution in [0.1, 0.15) is 43.2 Å². The number of nitrogens with zero attached hydrogens (tertiary/aromatic N) is 1. The molecule has 0 aliphatic carbocycles. The molecule has 1 saturated heterocycles. The molecule has 0 spiro atoms. The molecule has 3 rings (SSSR count). The van der Waals surface area contributed by atoms with Gasteiger partial charge in [0.1, 0.15) is 17.9 Å². The Morgan fingerprint density at radius 1 is 1.00 bits per heavy atom. The molecule has 3 atom stereocenters. The quantitative estimate of drug-likeness (QED) is 0.364. The van der Waals surface area contributed by atoms with Gasteiger partial charge in [-0.15, -0.1) is 0 Å². The number of nitrogens with one attached hydrogen (secondary N) is 1. The number of amides is 1. The van der Waals surface area contributed by atoms with Gasteiger partial charge < -0.3 is 31.2 Å². The van der Waals surface area contributed by atoms with Gasteiger partial charge in [-0.1, -0.05) is 42.5 Å². The average molecular weight is 497 g/mol. The molecule has 36 heavy (non-hydrogen) atoms. The molecule has 1 amide bonds. The van der Waals surface area contributed by atoms with Gasteiger partial charge in [0.25, 0.3) is 0 Å². The Hall–Kier alpha value is -2.94. The van der Waals surface area contributed by atoms with Crippen molar-refractivity contribution in [1.82, 2.24) is 10.2 Å². The number of ether oxygens (including phenoxy) is 2. The van der Waals surface area contributed by atoms with Gasteiger partial charge in [-0.2, -0.15) is 0 Å². The summed E-state index contributed by atoms with van der Waals surface area (Å²) in [6.07, 6.45) is 3.70. The maximum absolute atomic E-state index is 12.8. The minimum atomic E-state index is -0.872. The number of piperidine rings is 1. The van der Waals surface area contributed by atoms with E-state index < -0.39 is 24.2 Å². The molecule has 1 heterocycles. The highest BCUT2D eigenvalue weighted by molar-refractivity contribution is 5.79. The van der Waals surface area contributed by atoms with Crippen molar-refractivity contribution in [2.24, 2.45) is 11.5 Å². The highest BCUT2D eigenvalue weighted by Gasteiger charge is 2.26. The van der Waals surface area contributed by atoms with E-state index in [-0.39, 0.29) is 18.7 Å². The number of carbonyl (C=O) groups excluding carboxylic acids is 2. The predicted octanol–water partition coefficient (Wildman–Crippen LogP) is 2.39. The number of hydrogen-bond acceptors (Lipinski definition) is 7. The SMILES string of the molecule is COc1cccc(CNC[C@@H](OC(=O)[C@H](N)CCC(=O)N2CCCCC2)[C@@H](N)Cc2ccccc2)c1. The van der Waals surface area contributed by atoms with Crippen molar-refractivity contribution in [2.45, 2.75) is 63.3 Å². The Bertz CT molecular complexity index is 950. The van der Waals surface area contributed by atoms with E-state index in [0.717, 1.165) is 49.2 Å². The van der Waals surface area contributed by atoms with Crippen molar-refractivity contribution < 1.29 is 19.1 Å². The fourth-order valence-electron chi connectivity index (χ4n) is 4.37. The minimum absolute atomic E-state index is 0.0511. The zero-order valence-electron chi connectivity index (χ0n) is 21.2. The van der Waals surface area contributed by atoms with Crippen molar-refractivity contribution in [3.05, 3.63) is 65.7 Å². The molecule has 2 aromatic carbocycles. The first-order valence-corrected chi connectivity index (χ1v) is 12.8. The van der Waals surface area contributed by atoms with E-state index in [9.17, 15) is 9.59 Å². The van der Waals surface area contributed by atoms with Crippen LogP contribution in [0.4, 0.5) is 0 Å². The molecule has 5 N–H and O–H groups in total. The van der Waals surface area contributed by atoms with Gasteiger partial charge in [0.05, 0.1) is 7.11 Å². The molecule has 0 aromatic heterocycles. The first-order valence-electron chi connectivity index (χ1n) is 12.8. The van der Waals surface area contributed by atoms with Crippen LogP contribution in [-0.2, 0) is 27.3 Å². The molecule has 0 bridgehead atoms. The first kappa shape index (κ1) is 27.6. The summed E-state index contributed by atoms with van der Waals surface area (Å²) < 4.78 is 11.1. The Kier molecular flexibility index (Phi) is 11.2. The van der Waals surface area contributed by atoms with E-state index in [1.54, 1.807) is 7.11 Å². The number of benzene rings is 2. The molecular formula is C28H40N4O4. The van der Waals surface area contributed by atoms with E-state index in [2.05, 4.69) is 5.32 Å². The summed E-state index contributed by atoms with van der Waals surface area (Å²) in [5, 5.41) is 3.34. The highest BCUT2D eigenvalue weighted by atomic mass is 16.5.